The molecule has 0 unspecified atom stereocenters. The number of ether oxygens (including phenoxy) is 3. The predicted octanol–water partition coefficient (Wildman–Crippen LogP) is 6.37. The number of aliphatic imine (C=N–C) groups is 1. The van der Waals surface area contributed by atoms with E-state index in [0.717, 1.165) is 9.37 Å². The molecule has 0 saturated carbocycles. The van der Waals surface area contributed by atoms with Crippen LogP contribution in [0.5, 0.6) is 5.75 Å². The molecular formula is C27H35Br2N3O8S. The van der Waals surface area contributed by atoms with E-state index in [4.69, 9.17) is 24.1 Å². The molecule has 0 fully saturated rings. The maximum absolute atomic E-state index is 12.9. The Morgan fingerprint density at radius 1 is 0.927 bits per heavy atom. The Hall–Kier alpha value is -2.68. The fraction of sp³-hybridized carbons (Fsp3) is 0.444. The van der Waals surface area contributed by atoms with Crippen molar-refractivity contribution in [1.29, 1.82) is 0 Å². The number of hydrogen-bond acceptors (Lipinski definition) is 8. The summed E-state index contributed by atoms with van der Waals surface area (Å²) in [6.07, 6.45) is -1.42. The molecule has 0 bridgehead atoms. The molecule has 2 N–H and O–H groups in total. The van der Waals surface area contributed by atoms with Crippen LogP contribution in [0.1, 0.15) is 53.5 Å². The lowest BCUT2D eigenvalue weighted by molar-refractivity contribution is 0.0356. The van der Waals surface area contributed by atoms with Crippen LogP contribution in [0.4, 0.5) is 9.59 Å². The molecule has 41 heavy (non-hydrogen) atoms. The van der Waals surface area contributed by atoms with Gasteiger partial charge in [-0.2, -0.15) is 8.42 Å². The third kappa shape index (κ3) is 12.4. The molecule has 0 aliphatic heterocycles. The fourth-order valence-electron chi connectivity index (χ4n) is 3.02. The van der Waals surface area contributed by atoms with E-state index >= 15 is 0 Å². The maximum atomic E-state index is 12.9. The largest absolute Gasteiger partial charge is 0.492 e. The lowest BCUT2D eigenvalue weighted by Crippen LogP contribution is -2.44. The van der Waals surface area contributed by atoms with Crippen molar-refractivity contribution in [1.82, 2.24) is 4.90 Å². The summed E-state index contributed by atoms with van der Waals surface area (Å²) in [7, 11) is -3.87. The van der Waals surface area contributed by atoms with Crippen LogP contribution in [0, 0.1) is 0 Å². The molecule has 0 saturated heterocycles. The predicted molar refractivity (Wildman–Crippen MR) is 161 cm³/mol. The van der Waals surface area contributed by atoms with Crippen LogP contribution >= 0.6 is 31.9 Å². The molecule has 2 aromatic rings. The Kier molecular flexibility index (Phi) is 12.2. The third-order valence-electron chi connectivity index (χ3n) is 4.71. The number of carbonyl (C=O) groups excluding carboxylic acids is 2. The Morgan fingerprint density at radius 2 is 1.54 bits per heavy atom. The summed E-state index contributed by atoms with van der Waals surface area (Å²) < 4.78 is 47.3. The van der Waals surface area contributed by atoms with Gasteiger partial charge in [0.25, 0.3) is 10.1 Å². The van der Waals surface area contributed by atoms with Gasteiger partial charge in [0.15, 0.2) is 0 Å². The lowest BCUT2D eigenvalue weighted by atomic mass is 10.2. The topological polar surface area (TPSA) is 147 Å². The quantitative estimate of drug-likeness (QED) is 0.135. The van der Waals surface area contributed by atoms with Crippen molar-refractivity contribution in [3.05, 3.63) is 57.0 Å². The minimum Gasteiger partial charge on any atom is -0.492 e. The van der Waals surface area contributed by atoms with Gasteiger partial charge < -0.3 is 19.9 Å². The van der Waals surface area contributed by atoms with Crippen molar-refractivity contribution in [2.45, 2.75) is 70.6 Å². The zero-order chi connectivity index (χ0) is 31.0. The van der Waals surface area contributed by atoms with E-state index in [2.05, 4.69) is 36.9 Å². The van der Waals surface area contributed by atoms with E-state index in [1.54, 1.807) is 71.9 Å². The minimum absolute atomic E-state index is 0.0603. The number of guanidine groups is 1. The molecule has 0 aliphatic carbocycles. The Bertz CT molecular complexity index is 1350. The highest BCUT2D eigenvalue weighted by Crippen LogP contribution is 2.27. The summed E-state index contributed by atoms with van der Waals surface area (Å²) in [5.41, 5.74) is 5.04. The Labute approximate surface area is 257 Å². The average Bonchev–Trinajstić information content (AvgIpc) is 2.81. The normalized spacial score (nSPS) is 12.5. The van der Waals surface area contributed by atoms with E-state index in [0.29, 0.717) is 22.2 Å². The van der Waals surface area contributed by atoms with Crippen molar-refractivity contribution >= 4 is 60.1 Å². The first-order valence-electron chi connectivity index (χ1n) is 12.5. The van der Waals surface area contributed by atoms with Crippen LogP contribution in [0.15, 0.2) is 61.3 Å². The second-order valence-electron chi connectivity index (χ2n) is 10.7. The van der Waals surface area contributed by atoms with E-state index in [9.17, 15) is 18.0 Å². The van der Waals surface area contributed by atoms with Crippen molar-refractivity contribution in [3.8, 4) is 5.75 Å². The zero-order valence-electron chi connectivity index (χ0n) is 23.8. The second-order valence-corrected chi connectivity index (χ2v) is 14.1. The van der Waals surface area contributed by atoms with Gasteiger partial charge >= 0.3 is 12.2 Å². The van der Waals surface area contributed by atoms with Gasteiger partial charge in [-0.05, 0) is 99.4 Å². The number of nitrogens with zero attached hydrogens (tertiary/aromatic N) is 2. The number of rotatable bonds is 9. The Morgan fingerprint density at radius 3 is 2.10 bits per heavy atom. The first-order valence-corrected chi connectivity index (χ1v) is 15.5. The van der Waals surface area contributed by atoms with Crippen LogP contribution < -0.4 is 10.5 Å². The van der Waals surface area contributed by atoms with Crippen LogP contribution in [0.3, 0.4) is 0 Å². The smallest absolute Gasteiger partial charge is 0.437 e. The Balaban J connectivity index is 2.04. The summed E-state index contributed by atoms with van der Waals surface area (Å²) in [5.74, 6) is 0.103. The molecule has 11 nitrogen and oxygen atoms in total. The summed E-state index contributed by atoms with van der Waals surface area (Å²) in [5, 5.41) is 0. The van der Waals surface area contributed by atoms with Crippen LogP contribution in [-0.4, -0.2) is 55.9 Å². The van der Waals surface area contributed by atoms with Crippen molar-refractivity contribution in [2.24, 2.45) is 10.7 Å². The lowest BCUT2D eigenvalue weighted by Gasteiger charge is -2.27. The van der Waals surface area contributed by atoms with Gasteiger partial charge in [0.05, 0.1) is 29.1 Å². The van der Waals surface area contributed by atoms with Gasteiger partial charge in [-0.3, -0.25) is 4.18 Å². The van der Waals surface area contributed by atoms with Crippen LogP contribution in [0.2, 0.25) is 0 Å². The summed E-state index contributed by atoms with van der Waals surface area (Å²) in [4.78, 5) is 29.9. The summed E-state index contributed by atoms with van der Waals surface area (Å²) >= 11 is 6.71. The molecule has 0 radical (unpaired) electrons. The average molecular weight is 721 g/mol. The first-order chi connectivity index (χ1) is 18.9. The van der Waals surface area contributed by atoms with E-state index in [-0.39, 0.29) is 30.6 Å². The monoisotopic (exact) mass is 719 g/mol. The fourth-order valence-corrected chi connectivity index (χ4v) is 4.76. The third-order valence-corrected chi connectivity index (χ3v) is 7.19. The molecule has 0 heterocycles. The van der Waals surface area contributed by atoms with Gasteiger partial charge in [-0.1, -0.05) is 22.0 Å². The zero-order valence-corrected chi connectivity index (χ0v) is 27.8. The van der Waals surface area contributed by atoms with E-state index in [1.165, 1.54) is 12.1 Å². The summed E-state index contributed by atoms with van der Waals surface area (Å²) in [6.45, 7) is 10.2. The first kappa shape index (κ1) is 34.5. The highest BCUT2D eigenvalue weighted by atomic mass is 79.9. The standard InChI is InChI=1S/C27H35Br2N3O8S/c1-26(2,3)39-24(33)31-23(30)32(25(34)40-27(4,5)6)17-18-8-13-22(21(29)16-18)37-14-7-15-38-41(35,36)20-11-9-19(28)10-12-20/h8-13,16H,7,14-15,17H2,1-6H3,(H2,30,31,33). The van der Waals surface area contributed by atoms with E-state index in [1.807, 2.05) is 0 Å². The van der Waals surface area contributed by atoms with E-state index < -0.39 is 33.5 Å². The summed E-state index contributed by atoms with van der Waals surface area (Å²) in [6, 6.07) is 11.2. The molecule has 2 rings (SSSR count). The van der Waals surface area contributed by atoms with Gasteiger partial charge in [0.1, 0.15) is 17.0 Å². The van der Waals surface area contributed by atoms with Crippen molar-refractivity contribution in [3.63, 3.8) is 0 Å². The van der Waals surface area contributed by atoms with Gasteiger partial charge in [-0.25, -0.2) is 14.5 Å². The number of amides is 2. The molecule has 226 valence electrons. The van der Waals surface area contributed by atoms with Gasteiger partial charge in [-0.15, -0.1) is 4.99 Å². The number of carbonyl (C=O) groups is 2. The molecule has 0 aliphatic rings. The van der Waals surface area contributed by atoms with Crippen molar-refractivity contribution < 1.29 is 36.4 Å². The van der Waals surface area contributed by atoms with Crippen LogP contribution in [0.25, 0.3) is 0 Å². The molecular weight excluding hydrogens is 686 g/mol. The van der Waals surface area contributed by atoms with Crippen LogP contribution in [-0.2, 0) is 30.3 Å². The van der Waals surface area contributed by atoms with Gasteiger partial charge in [0.2, 0.25) is 5.96 Å². The number of nitrogens with two attached hydrogens (primary N) is 1. The number of halogens is 2. The van der Waals surface area contributed by atoms with Crippen molar-refractivity contribution in [2.75, 3.05) is 13.2 Å². The van der Waals surface area contributed by atoms with Gasteiger partial charge in [0, 0.05) is 10.9 Å². The molecule has 0 aromatic heterocycles. The minimum atomic E-state index is -3.87. The second kappa shape index (κ2) is 14.5. The SMILES string of the molecule is CC(C)(C)OC(=O)/N=C(/N)N(Cc1ccc(OCCCOS(=O)(=O)c2ccc(Br)cc2)c(Br)c1)C(=O)OC(C)(C)C. The highest BCUT2D eigenvalue weighted by molar-refractivity contribution is 9.10. The highest BCUT2D eigenvalue weighted by Gasteiger charge is 2.27. The maximum Gasteiger partial charge on any atom is 0.437 e. The molecule has 0 atom stereocenters. The number of benzene rings is 2. The molecule has 2 amide bonds. The molecule has 14 heteroatoms. The molecule has 0 spiro atoms. The molecule has 2 aromatic carbocycles. The number of hydrogen-bond donors (Lipinski definition) is 1.